The maximum absolute atomic E-state index is 14.2. The highest BCUT2D eigenvalue weighted by Gasteiger charge is 2.51. The molecule has 3 aliphatic rings. The molecule has 2 aliphatic carbocycles. The molecule has 0 amide bonds. The summed E-state index contributed by atoms with van der Waals surface area (Å²) >= 11 is 3.11. The monoisotopic (exact) mass is 1080 g/mol. The molecule has 2 saturated carbocycles. The molecule has 0 aromatic heterocycles. The van der Waals surface area contributed by atoms with Crippen LogP contribution in [0.1, 0.15) is 162 Å². The summed E-state index contributed by atoms with van der Waals surface area (Å²) in [5.41, 5.74) is 8.77. The summed E-state index contributed by atoms with van der Waals surface area (Å²) in [5.74, 6) is 1.06. The molecular formula is C59H81BBrF2NO9. The summed E-state index contributed by atoms with van der Waals surface area (Å²) in [4.78, 5) is 30.3. The van der Waals surface area contributed by atoms with Gasteiger partial charge in [0.25, 0.3) is 0 Å². The second-order valence-corrected chi connectivity index (χ2v) is 23.6. The number of hydrogen-bond donors (Lipinski definition) is 3. The van der Waals surface area contributed by atoms with E-state index in [1.54, 1.807) is 12.1 Å². The number of carboxylic acid groups (broad SMARTS) is 2. The van der Waals surface area contributed by atoms with Crippen LogP contribution in [-0.4, -0.2) is 65.5 Å². The number of hydrogen-bond acceptors (Lipinski definition) is 8. The standard InChI is InChI=1S/C27H35FO3.C22H35BO3.C7H4BrFO.C3H7NO2/c1-27(2,3)22-11-15-24(16-12-22)31-23-13-8-19(9-14-23)20-10-17-25(28)21(18-20)6-4-5-7-26(29)30;1-20(2,3)16-8-12-18(13-9-16)24-19-14-10-17(11-15-19)23-25-21(4,5)22(6,7)26-23;8-6-1-2-7(9)5(3-6)4-10;4-2-1-3(5)6/h8-10,13-14,17-18,22,24H,4-7,11-12,15-16H2,1-3H3,(H,29,30);10-11,14-16,18H,8-9,12-13H2,1-7H3;1-4H;1-2,4H2,(H,5,6). The average molecular weight is 1080 g/mol. The van der Waals surface area contributed by atoms with Gasteiger partial charge in [-0.3, -0.25) is 14.4 Å². The van der Waals surface area contributed by atoms with Crippen LogP contribution in [0, 0.1) is 34.3 Å². The lowest BCUT2D eigenvalue weighted by molar-refractivity contribution is -0.138. The molecule has 1 aliphatic heterocycles. The number of carbonyl (C=O) groups is 3. The number of aliphatic carboxylic acids is 2. The Morgan fingerprint density at radius 2 is 1.12 bits per heavy atom. The number of ether oxygens (including phenoxy) is 2. The van der Waals surface area contributed by atoms with Gasteiger partial charge in [-0.2, -0.15) is 0 Å². The summed E-state index contributed by atoms with van der Waals surface area (Å²) in [6.07, 6.45) is 12.6. The largest absolute Gasteiger partial charge is 0.494 e. The van der Waals surface area contributed by atoms with Crippen LogP contribution < -0.4 is 20.7 Å². The lowest BCUT2D eigenvalue weighted by Crippen LogP contribution is -2.41. The minimum Gasteiger partial charge on any atom is -0.490 e. The van der Waals surface area contributed by atoms with Gasteiger partial charge < -0.3 is 34.7 Å². The van der Waals surface area contributed by atoms with Crippen molar-refractivity contribution in [3.05, 3.63) is 112 Å². The highest BCUT2D eigenvalue weighted by atomic mass is 79.9. The Hall–Kier alpha value is -4.63. The molecule has 3 fully saturated rings. The lowest BCUT2D eigenvalue weighted by atomic mass is 9.72. The second-order valence-electron chi connectivity index (χ2n) is 22.7. The number of aldehydes is 1. The Morgan fingerprint density at radius 3 is 1.53 bits per heavy atom. The summed E-state index contributed by atoms with van der Waals surface area (Å²) in [6, 6.07) is 25.7. The van der Waals surface area contributed by atoms with E-state index >= 15 is 0 Å². The van der Waals surface area contributed by atoms with Crippen LogP contribution in [-0.2, 0) is 25.3 Å². The van der Waals surface area contributed by atoms with Crippen molar-refractivity contribution in [1.82, 2.24) is 0 Å². The van der Waals surface area contributed by atoms with Crippen LogP contribution in [0.15, 0.2) is 89.4 Å². The SMILES string of the molecule is CC(C)(C)C1CCC(Oc2ccc(-c3ccc(F)c(CCCCC(=O)O)c3)cc2)CC1.CC(C)(C)C1CCC(Oc2ccc(B3OC(C)(C)C(C)(C)O3)cc2)CC1.NCCC(=O)O.O=Cc1cc(Br)ccc1F. The Balaban J connectivity index is 0.000000245. The van der Waals surface area contributed by atoms with E-state index in [1.165, 1.54) is 43.9 Å². The van der Waals surface area contributed by atoms with Crippen LogP contribution in [0.4, 0.5) is 8.78 Å². The van der Waals surface area contributed by atoms with Gasteiger partial charge in [-0.05, 0) is 198 Å². The van der Waals surface area contributed by atoms with Crippen molar-refractivity contribution in [2.24, 2.45) is 28.4 Å². The Kier molecular flexibility index (Phi) is 23.2. The number of benzene rings is 4. The molecule has 1 heterocycles. The van der Waals surface area contributed by atoms with Crippen molar-refractivity contribution in [2.45, 2.75) is 176 Å². The first-order chi connectivity index (χ1) is 34.2. The third kappa shape index (κ3) is 19.9. The maximum Gasteiger partial charge on any atom is 0.494 e. The van der Waals surface area contributed by atoms with Gasteiger partial charge in [0.1, 0.15) is 23.1 Å². The molecule has 4 N–H and O–H groups in total. The minimum atomic E-state index is -0.836. The van der Waals surface area contributed by atoms with Crippen LogP contribution >= 0.6 is 15.9 Å². The van der Waals surface area contributed by atoms with E-state index in [0.717, 1.165) is 65.6 Å². The molecule has 14 heteroatoms. The van der Waals surface area contributed by atoms with E-state index in [4.69, 9.17) is 34.7 Å². The molecule has 0 radical (unpaired) electrons. The van der Waals surface area contributed by atoms with Gasteiger partial charge in [-0.1, -0.05) is 87.8 Å². The third-order valence-corrected chi connectivity index (χ3v) is 15.1. The minimum absolute atomic E-state index is 0.0694. The molecular weight excluding hydrogens is 995 g/mol. The molecule has 4 aromatic rings. The first-order valence-corrected chi connectivity index (χ1v) is 26.7. The molecule has 73 heavy (non-hydrogen) atoms. The molecule has 4 aromatic carbocycles. The molecule has 0 bridgehead atoms. The van der Waals surface area contributed by atoms with Gasteiger partial charge in [-0.25, -0.2) is 8.78 Å². The number of halogens is 3. The third-order valence-electron chi connectivity index (χ3n) is 14.6. The fraction of sp³-hybridized carbons (Fsp3) is 0.542. The molecule has 1 saturated heterocycles. The number of nitrogens with two attached hydrogens (primary N) is 1. The molecule has 10 nitrogen and oxygen atoms in total. The van der Waals surface area contributed by atoms with Gasteiger partial charge in [0, 0.05) is 17.4 Å². The normalized spacial score (nSPS) is 20.2. The molecule has 7 rings (SSSR count). The van der Waals surface area contributed by atoms with Crippen molar-refractivity contribution in [3.63, 3.8) is 0 Å². The Bertz CT molecular complexity index is 2330. The first kappa shape index (κ1) is 60.9. The first-order valence-electron chi connectivity index (χ1n) is 25.9. The van der Waals surface area contributed by atoms with Crippen molar-refractivity contribution in [1.29, 1.82) is 0 Å². The quantitative estimate of drug-likeness (QED) is 0.0631. The summed E-state index contributed by atoms with van der Waals surface area (Å²) in [6.45, 7) is 22.6. The van der Waals surface area contributed by atoms with Crippen molar-refractivity contribution in [2.75, 3.05) is 6.54 Å². The van der Waals surface area contributed by atoms with Gasteiger partial charge in [0.15, 0.2) is 6.29 Å². The summed E-state index contributed by atoms with van der Waals surface area (Å²) in [7, 11) is -0.309. The average Bonchev–Trinajstić information content (AvgIpc) is 3.55. The highest BCUT2D eigenvalue weighted by molar-refractivity contribution is 9.10. The Labute approximate surface area is 442 Å². The van der Waals surface area contributed by atoms with E-state index < -0.39 is 17.8 Å². The van der Waals surface area contributed by atoms with Crippen LogP contribution in [0.3, 0.4) is 0 Å². The number of rotatable bonds is 14. The van der Waals surface area contributed by atoms with Crippen molar-refractivity contribution in [3.8, 4) is 22.6 Å². The number of carboxylic acids is 2. The van der Waals surface area contributed by atoms with Crippen LogP contribution in [0.2, 0.25) is 0 Å². The van der Waals surface area contributed by atoms with Gasteiger partial charge in [0.05, 0.1) is 35.4 Å². The van der Waals surface area contributed by atoms with Gasteiger partial charge >= 0.3 is 19.1 Å². The van der Waals surface area contributed by atoms with E-state index in [0.29, 0.717) is 52.5 Å². The van der Waals surface area contributed by atoms with Crippen LogP contribution in [0.25, 0.3) is 11.1 Å². The predicted octanol–water partition coefficient (Wildman–Crippen LogP) is 14.1. The summed E-state index contributed by atoms with van der Waals surface area (Å²) in [5, 5.41) is 16.6. The van der Waals surface area contributed by atoms with Gasteiger partial charge in [-0.15, -0.1) is 0 Å². The molecule has 400 valence electrons. The van der Waals surface area contributed by atoms with Gasteiger partial charge in [0.2, 0.25) is 0 Å². The van der Waals surface area contributed by atoms with Crippen molar-refractivity contribution < 1.29 is 52.2 Å². The maximum atomic E-state index is 14.2. The molecule has 0 unspecified atom stereocenters. The van der Waals surface area contributed by atoms with E-state index in [9.17, 15) is 23.2 Å². The lowest BCUT2D eigenvalue weighted by Gasteiger charge is -2.37. The zero-order valence-electron chi connectivity index (χ0n) is 44.9. The summed E-state index contributed by atoms with van der Waals surface area (Å²) < 4.78 is 52.1. The van der Waals surface area contributed by atoms with E-state index in [1.807, 2.05) is 30.3 Å². The van der Waals surface area contributed by atoms with E-state index in [-0.39, 0.29) is 55.2 Å². The number of carbonyl (C=O) groups excluding carboxylic acids is 1. The fourth-order valence-electron chi connectivity index (χ4n) is 9.15. The molecule has 0 spiro atoms. The Morgan fingerprint density at radius 1 is 0.671 bits per heavy atom. The topological polar surface area (TPSA) is 155 Å². The van der Waals surface area contributed by atoms with E-state index in [2.05, 4.69) is 109 Å². The van der Waals surface area contributed by atoms with Crippen molar-refractivity contribution >= 4 is 46.7 Å². The zero-order chi connectivity index (χ0) is 54.1. The second kappa shape index (κ2) is 27.8. The number of aryl methyl sites for hydroxylation is 1. The highest BCUT2D eigenvalue weighted by Crippen LogP contribution is 2.41. The zero-order valence-corrected chi connectivity index (χ0v) is 46.5. The predicted molar refractivity (Wildman–Crippen MR) is 292 cm³/mol. The molecule has 0 atom stereocenters. The smallest absolute Gasteiger partial charge is 0.490 e. The van der Waals surface area contributed by atoms with Crippen LogP contribution in [0.5, 0.6) is 11.5 Å². The number of unbranched alkanes of at least 4 members (excludes halogenated alkanes) is 1. The fourth-order valence-corrected chi connectivity index (χ4v) is 9.53.